The Morgan fingerprint density at radius 1 is 1.40 bits per heavy atom. The van der Waals surface area contributed by atoms with Gasteiger partial charge >= 0.3 is 6.09 Å². The van der Waals surface area contributed by atoms with E-state index in [-0.39, 0.29) is 24.2 Å². The van der Waals surface area contributed by atoms with Crippen LogP contribution < -0.4 is 15.0 Å². The minimum absolute atomic E-state index is 0.0379. The van der Waals surface area contributed by atoms with Gasteiger partial charge in [-0.25, -0.2) is 18.7 Å². The summed E-state index contributed by atoms with van der Waals surface area (Å²) in [6.45, 7) is 3.88. The normalized spacial score (nSPS) is 16.8. The summed E-state index contributed by atoms with van der Waals surface area (Å²) in [7, 11) is 0. The summed E-state index contributed by atoms with van der Waals surface area (Å²) in [5.74, 6) is 0.507. The summed E-state index contributed by atoms with van der Waals surface area (Å²) in [5.41, 5.74) is 0.359. The Bertz CT molecular complexity index is 1070. The van der Waals surface area contributed by atoms with Crippen LogP contribution in [0, 0.1) is 5.82 Å². The van der Waals surface area contributed by atoms with Crippen LogP contribution in [0.2, 0.25) is 0 Å². The second-order valence-electron chi connectivity index (χ2n) is 7.91. The van der Waals surface area contributed by atoms with Gasteiger partial charge in [-0.1, -0.05) is 0 Å². The Morgan fingerprint density at radius 2 is 2.23 bits per heavy atom. The number of hydrogen-bond acceptors (Lipinski definition) is 7. The highest BCUT2D eigenvalue weighted by atomic mass is 19.1. The molecule has 1 fully saturated rings. The number of aliphatic hydroxyl groups excluding tert-OH is 1. The smallest absolute Gasteiger partial charge is 0.405 e. The number of carbonyl (C=O) groups is 1. The highest BCUT2D eigenvalue weighted by Crippen LogP contribution is 2.35. The second-order valence-corrected chi connectivity index (χ2v) is 7.91. The van der Waals surface area contributed by atoms with Gasteiger partial charge in [-0.05, 0) is 44.4 Å². The predicted octanol–water partition coefficient (Wildman–Crippen LogP) is 2.46. The SMILES string of the molecule is CC(C)(CO)NC(=O)Oc1cnn2ccc(N3CCC[C@@H]3c3cncc(F)c3)nc12. The van der Waals surface area contributed by atoms with Crippen LogP contribution in [0.4, 0.5) is 15.0 Å². The topological polar surface area (TPSA) is 105 Å². The molecule has 2 N–H and O–H groups in total. The Labute approximate surface area is 172 Å². The number of amides is 1. The third-order valence-corrected chi connectivity index (χ3v) is 5.02. The van der Waals surface area contributed by atoms with E-state index in [4.69, 9.17) is 4.74 Å². The van der Waals surface area contributed by atoms with Crippen LogP contribution in [0.15, 0.2) is 36.9 Å². The van der Waals surface area contributed by atoms with E-state index in [1.807, 2.05) is 6.07 Å². The molecule has 1 amide bonds. The van der Waals surface area contributed by atoms with E-state index in [9.17, 15) is 14.3 Å². The Hall–Kier alpha value is -3.27. The van der Waals surface area contributed by atoms with Crippen molar-refractivity contribution < 1.29 is 19.0 Å². The third-order valence-electron chi connectivity index (χ3n) is 5.02. The fraction of sp³-hybridized carbons (Fsp3) is 0.400. The van der Waals surface area contributed by atoms with Crippen LogP contribution >= 0.6 is 0 Å². The van der Waals surface area contributed by atoms with E-state index >= 15 is 0 Å². The molecule has 9 nitrogen and oxygen atoms in total. The van der Waals surface area contributed by atoms with Gasteiger partial charge in [0.05, 0.1) is 30.6 Å². The highest BCUT2D eigenvalue weighted by Gasteiger charge is 2.28. The van der Waals surface area contributed by atoms with Crippen molar-refractivity contribution in [1.29, 1.82) is 0 Å². The molecule has 0 aromatic carbocycles. The number of halogens is 1. The van der Waals surface area contributed by atoms with Crippen LogP contribution in [-0.2, 0) is 0 Å². The number of rotatable bonds is 5. The lowest BCUT2D eigenvalue weighted by Gasteiger charge is -2.26. The van der Waals surface area contributed by atoms with Crippen LogP contribution in [0.25, 0.3) is 5.65 Å². The number of aliphatic hydroxyl groups is 1. The number of carbonyl (C=O) groups excluding carboxylic acids is 1. The molecule has 4 heterocycles. The van der Waals surface area contributed by atoms with Crippen molar-refractivity contribution in [2.24, 2.45) is 0 Å². The van der Waals surface area contributed by atoms with Crippen molar-refractivity contribution in [3.05, 3.63) is 48.3 Å². The fourth-order valence-corrected chi connectivity index (χ4v) is 3.51. The molecule has 1 aliphatic rings. The molecule has 0 radical (unpaired) electrons. The molecule has 0 saturated carbocycles. The summed E-state index contributed by atoms with van der Waals surface area (Å²) < 4.78 is 20.5. The first-order chi connectivity index (χ1) is 14.4. The summed E-state index contributed by atoms with van der Waals surface area (Å²) in [6, 6.07) is 3.28. The van der Waals surface area contributed by atoms with E-state index in [2.05, 4.69) is 25.3 Å². The van der Waals surface area contributed by atoms with Gasteiger partial charge in [0, 0.05) is 18.9 Å². The number of anilines is 1. The van der Waals surface area contributed by atoms with E-state index in [0.29, 0.717) is 11.5 Å². The van der Waals surface area contributed by atoms with Crippen LogP contribution in [0.5, 0.6) is 5.75 Å². The molecule has 10 heteroatoms. The van der Waals surface area contributed by atoms with E-state index in [0.717, 1.165) is 24.9 Å². The molecular weight excluding hydrogens is 391 g/mol. The molecule has 3 aromatic heterocycles. The lowest BCUT2D eigenvalue weighted by Crippen LogP contribution is -2.47. The average Bonchev–Trinajstić information content (AvgIpc) is 3.35. The highest BCUT2D eigenvalue weighted by molar-refractivity contribution is 5.74. The van der Waals surface area contributed by atoms with E-state index in [1.165, 1.54) is 23.0 Å². The lowest BCUT2D eigenvalue weighted by atomic mass is 10.1. The van der Waals surface area contributed by atoms with Gasteiger partial charge in [-0.2, -0.15) is 5.10 Å². The van der Waals surface area contributed by atoms with Crippen LogP contribution in [-0.4, -0.2) is 49.5 Å². The number of pyridine rings is 1. The molecular formula is C20H23FN6O3. The van der Waals surface area contributed by atoms with Crippen LogP contribution in [0.3, 0.4) is 0 Å². The molecule has 0 unspecified atom stereocenters. The second kappa shape index (κ2) is 7.86. The molecule has 1 atom stereocenters. The first-order valence-electron chi connectivity index (χ1n) is 9.69. The zero-order chi connectivity index (χ0) is 21.3. The number of nitrogens with one attached hydrogen (secondary N) is 1. The van der Waals surface area contributed by atoms with Crippen molar-refractivity contribution >= 4 is 17.6 Å². The van der Waals surface area contributed by atoms with Gasteiger partial charge in [0.15, 0.2) is 5.75 Å². The number of ether oxygens (including phenoxy) is 1. The minimum atomic E-state index is -0.819. The summed E-state index contributed by atoms with van der Waals surface area (Å²) in [4.78, 5) is 22.9. The van der Waals surface area contributed by atoms with Crippen LogP contribution in [0.1, 0.15) is 38.3 Å². The number of nitrogens with zero attached hydrogens (tertiary/aromatic N) is 5. The Balaban J connectivity index is 1.60. The predicted molar refractivity (Wildman–Crippen MR) is 107 cm³/mol. The first kappa shape index (κ1) is 20.0. The summed E-state index contributed by atoms with van der Waals surface area (Å²) >= 11 is 0. The van der Waals surface area contributed by atoms with Gasteiger partial charge < -0.3 is 20.1 Å². The van der Waals surface area contributed by atoms with Crippen molar-refractivity contribution in [3.63, 3.8) is 0 Å². The Kier molecular flexibility index (Phi) is 5.25. The summed E-state index contributed by atoms with van der Waals surface area (Å²) in [6.07, 6.45) is 7.10. The maximum atomic E-state index is 13.7. The zero-order valence-electron chi connectivity index (χ0n) is 16.7. The number of aromatic nitrogens is 4. The molecule has 158 valence electrons. The van der Waals surface area contributed by atoms with Crippen molar-refractivity contribution in [3.8, 4) is 5.75 Å². The third kappa shape index (κ3) is 4.04. The van der Waals surface area contributed by atoms with E-state index in [1.54, 1.807) is 26.2 Å². The van der Waals surface area contributed by atoms with Crippen molar-refractivity contribution in [2.75, 3.05) is 18.1 Å². The zero-order valence-corrected chi connectivity index (χ0v) is 16.7. The maximum Gasteiger partial charge on any atom is 0.413 e. The maximum absolute atomic E-state index is 13.7. The summed E-state index contributed by atoms with van der Waals surface area (Å²) in [5, 5.41) is 16.1. The largest absolute Gasteiger partial charge is 0.413 e. The first-order valence-corrected chi connectivity index (χ1v) is 9.69. The van der Waals surface area contributed by atoms with Gasteiger partial charge in [0.25, 0.3) is 0 Å². The van der Waals surface area contributed by atoms with Crippen molar-refractivity contribution in [2.45, 2.75) is 38.3 Å². The van der Waals surface area contributed by atoms with Gasteiger partial charge in [-0.15, -0.1) is 0 Å². The van der Waals surface area contributed by atoms with E-state index < -0.39 is 11.6 Å². The molecule has 0 aliphatic carbocycles. The van der Waals surface area contributed by atoms with Gasteiger partial charge in [0.2, 0.25) is 5.65 Å². The molecule has 1 saturated heterocycles. The average molecular weight is 414 g/mol. The lowest BCUT2D eigenvalue weighted by molar-refractivity contribution is 0.159. The fourth-order valence-electron chi connectivity index (χ4n) is 3.51. The number of fused-ring (bicyclic) bond motifs is 1. The van der Waals surface area contributed by atoms with Gasteiger partial charge in [0.1, 0.15) is 11.6 Å². The van der Waals surface area contributed by atoms with Crippen molar-refractivity contribution in [1.82, 2.24) is 24.9 Å². The molecule has 30 heavy (non-hydrogen) atoms. The quantitative estimate of drug-likeness (QED) is 0.661. The monoisotopic (exact) mass is 414 g/mol. The molecule has 0 spiro atoms. The Morgan fingerprint density at radius 3 is 3.00 bits per heavy atom. The molecule has 0 bridgehead atoms. The minimum Gasteiger partial charge on any atom is -0.405 e. The number of hydrogen-bond donors (Lipinski definition) is 2. The molecule has 4 rings (SSSR count). The molecule has 1 aliphatic heterocycles. The van der Waals surface area contributed by atoms with Gasteiger partial charge in [-0.3, -0.25) is 4.98 Å². The molecule has 3 aromatic rings. The standard InChI is InChI=1S/C20H23FN6O3/c1-20(2,12-28)25-19(29)30-16-11-23-27-7-5-17(24-18(16)27)26-6-3-4-15(26)13-8-14(21)10-22-9-13/h5,7-11,15,28H,3-4,6,12H2,1-2H3,(H,25,29)/t15-/m1/s1.